The molecule has 0 aliphatic carbocycles. The molecular formula is C16H15F3N2O5. The van der Waals surface area contributed by atoms with Crippen LogP contribution in [0.5, 0.6) is 5.75 Å². The molecule has 0 saturated carbocycles. The van der Waals surface area contributed by atoms with Crippen LogP contribution in [0.4, 0.5) is 18.9 Å². The van der Waals surface area contributed by atoms with E-state index in [0.717, 1.165) is 24.3 Å². The van der Waals surface area contributed by atoms with Gasteiger partial charge in [0.05, 0.1) is 18.6 Å². The third kappa shape index (κ3) is 6.13. The van der Waals surface area contributed by atoms with E-state index in [-0.39, 0.29) is 18.7 Å². The van der Waals surface area contributed by atoms with Gasteiger partial charge in [-0.2, -0.15) is 0 Å². The first kappa shape index (κ1) is 19.3. The molecule has 0 saturated heterocycles. The number of ether oxygens (including phenoxy) is 1. The summed E-state index contributed by atoms with van der Waals surface area (Å²) in [6.45, 7) is 0.0387. The summed E-state index contributed by atoms with van der Waals surface area (Å²) in [6.07, 6.45) is -2.73. The van der Waals surface area contributed by atoms with Gasteiger partial charge in [-0.3, -0.25) is 9.59 Å². The zero-order chi connectivity index (χ0) is 19.2. The third-order valence-corrected chi connectivity index (χ3v) is 3.18. The summed E-state index contributed by atoms with van der Waals surface area (Å²) in [6, 6.07) is 5.90. The predicted molar refractivity (Wildman–Crippen MR) is 83.0 cm³/mol. The molecule has 0 unspecified atom stereocenters. The van der Waals surface area contributed by atoms with Crippen LogP contribution in [0.25, 0.3) is 0 Å². The highest BCUT2D eigenvalue weighted by atomic mass is 19.4. The number of rotatable bonds is 6. The van der Waals surface area contributed by atoms with Crippen LogP contribution in [0, 0.1) is 0 Å². The van der Waals surface area contributed by atoms with Crippen LogP contribution in [0.2, 0.25) is 0 Å². The lowest BCUT2D eigenvalue weighted by molar-refractivity contribution is -0.274. The Labute approximate surface area is 145 Å². The summed E-state index contributed by atoms with van der Waals surface area (Å²) in [7, 11) is 0. The summed E-state index contributed by atoms with van der Waals surface area (Å²) in [4.78, 5) is 23.4. The van der Waals surface area contributed by atoms with E-state index in [1.807, 2.05) is 0 Å². The number of nitrogens with one attached hydrogen (secondary N) is 2. The Balaban J connectivity index is 1.77. The maximum atomic E-state index is 12.1. The Hall–Kier alpha value is -3.01. The maximum Gasteiger partial charge on any atom is 0.573 e. The van der Waals surface area contributed by atoms with Crippen LogP contribution in [0.1, 0.15) is 18.1 Å². The van der Waals surface area contributed by atoms with Crippen molar-refractivity contribution in [3.63, 3.8) is 0 Å². The molecule has 1 aromatic carbocycles. The lowest BCUT2D eigenvalue weighted by atomic mass is 10.1. The average Bonchev–Trinajstić information content (AvgIpc) is 3.09. The summed E-state index contributed by atoms with van der Waals surface area (Å²) in [5, 5.41) is 14.4. The van der Waals surface area contributed by atoms with Crippen LogP contribution in [-0.4, -0.2) is 29.8 Å². The molecule has 0 fully saturated rings. The van der Waals surface area contributed by atoms with Crippen molar-refractivity contribution in [2.45, 2.75) is 18.9 Å². The van der Waals surface area contributed by atoms with E-state index in [0.29, 0.717) is 5.56 Å². The molecule has 0 bridgehead atoms. The van der Waals surface area contributed by atoms with Gasteiger partial charge in [0.1, 0.15) is 5.75 Å². The normalized spacial score (nSPS) is 12.3. The maximum absolute atomic E-state index is 12.1. The molecule has 0 aliphatic heterocycles. The molecule has 7 nitrogen and oxygen atoms in total. The van der Waals surface area contributed by atoms with Crippen molar-refractivity contribution in [1.82, 2.24) is 5.32 Å². The van der Waals surface area contributed by atoms with Gasteiger partial charge in [0.25, 0.3) is 0 Å². The van der Waals surface area contributed by atoms with E-state index in [1.54, 1.807) is 6.07 Å². The van der Waals surface area contributed by atoms with Gasteiger partial charge in [-0.25, -0.2) is 0 Å². The number of alkyl halides is 3. The van der Waals surface area contributed by atoms with E-state index in [2.05, 4.69) is 15.4 Å². The molecule has 2 amide bonds. The van der Waals surface area contributed by atoms with Crippen molar-refractivity contribution in [2.75, 3.05) is 11.9 Å². The first-order chi connectivity index (χ1) is 12.2. The van der Waals surface area contributed by atoms with E-state index in [4.69, 9.17) is 4.42 Å². The van der Waals surface area contributed by atoms with Crippen LogP contribution in [-0.2, 0) is 9.59 Å². The Morgan fingerprint density at radius 3 is 2.42 bits per heavy atom. The molecule has 140 valence electrons. The van der Waals surface area contributed by atoms with Crippen molar-refractivity contribution < 1.29 is 37.0 Å². The van der Waals surface area contributed by atoms with Gasteiger partial charge in [-0.05, 0) is 36.8 Å². The van der Waals surface area contributed by atoms with Crippen molar-refractivity contribution in [1.29, 1.82) is 0 Å². The fourth-order valence-electron chi connectivity index (χ4n) is 1.96. The molecule has 26 heavy (non-hydrogen) atoms. The predicted octanol–water partition coefficient (Wildman–Crippen LogP) is 2.36. The van der Waals surface area contributed by atoms with E-state index in [1.165, 1.54) is 12.5 Å². The topological polar surface area (TPSA) is 101 Å². The number of aliphatic hydroxyl groups excluding tert-OH is 1. The van der Waals surface area contributed by atoms with Crippen LogP contribution in [0.15, 0.2) is 47.3 Å². The molecule has 2 rings (SSSR count). The molecule has 0 spiro atoms. The monoisotopic (exact) mass is 372 g/mol. The SMILES string of the molecule is O=C(NCC[C@H](O)c1ccoc1)C(=O)Nc1ccc(OC(F)(F)F)cc1. The summed E-state index contributed by atoms with van der Waals surface area (Å²) in [5.74, 6) is -2.39. The molecule has 2 aromatic rings. The van der Waals surface area contributed by atoms with Crippen molar-refractivity contribution in [2.24, 2.45) is 0 Å². The standard InChI is InChI=1S/C16H15F3N2O5/c17-16(18,19)26-12-3-1-11(2-4-12)21-15(24)14(23)20-7-5-13(22)10-6-8-25-9-10/h1-4,6,8-9,13,22H,5,7H2,(H,20,23)(H,21,24)/t13-/m0/s1. The second-order valence-electron chi connectivity index (χ2n) is 5.14. The second kappa shape index (κ2) is 8.39. The number of amides is 2. The van der Waals surface area contributed by atoms with E-state index < -0.39 is 30.0 Å². The zero-order valence-corrected chi connectivity index (χ0v) is 13.2. The third-order valence-electron chi connectivity index (χ3n) is 3.18. The Morgan fingerprint density at radius 1 is 1.15 bits per heavy atom. The Bertz CT molecular complexity index is 729. The first-order valence-electron chi connectivity index (χ1n) is 7.40. The molecular weight excluding hydrogens is 357 g/mol. The van der Waals surface area contributed by atoms with E-state index in [9.17, 15) is 27.9 Å². The first-order valence-corrected chi connectivity index (χ1v) is 7.40. The average molecular weight is 372 g/mol. The Kier molecular flexibility index (Phi) is 6.23. The minimum absolute atomic E-state index is 0.0387. The quantitative estimate of drug-likeness (QED) is 0.676. The molecule has 1 aromatic heterocycles. The van der Waals surface area contributed by atoms with Gasteiger partial charge in [0.15, 0.2) is 0 Å². The molecule has 0 radical (unpaired) electrons. The summed E-state index contributed by atoms with van der Waals surface area (Å²) >= 11 is 0. The Morgan fingerprint density at radius 2 is 1.85 bits per heavy atom. The largest absolute Gasteiger partial charge is 0.573 e. The van der Waals surface area contributed by atoms with Gasteiger partial charge in [0.2, 0.25) is 0 Å². The number of halogens is 3. The van der Waals surface area contributed by atoms with Crippen LogP contribution in [0.3, 0.4) is 0 Å². The fraction of sp³-hybridized carbons (Fsp3) is 0.250. The van der Waals surface area contributed by atoms with Gasteiger partial charge >= 0.3 is 18.2 Å². The lowest BCUT2D eigenvalue weighted by Crippen LogP contribution is -2.36. The minimum atomic E-state index is -4.81. The van der Waals surface area contributed by atoms with Crippen molar-refractivity contribution in [3.05, 3.63) is 48.4 Å². The number of anilines is 1. The minimum Gasteiger partial charge on any atom is -0.472 e. The molecule has 1 atom stereocenters. The van der Waals surface area contributed by atoms with Gasteiger partial charge in [-0.1, -0.05) is 0 Å². The van der Waals surface area contributed by atoms with Gasteiger partial charge < -0.3 is 24.9 Å². The highest BCUT2D eigenvalue weighted by molar-refractivity contribution is 6.39. The number of hydrogen-bond donors (Lipinski definition) is 3. The smallest absolute Gasteiger partial charge is 0.472 e. The van der Waals surface area contributed by atoms with E-state index >= 15 is 0 Å². The number of benzene rings is 1. The van der Waals surface area contributed by atoms with Crippen LogP contribution < -0.4 is 15.4 Å². The second-order valence-corrected chi connectivity index (χ2v) is 5.14. The molecule has 3 N–H and O–H groups in total. The molecule has 10 heteroatoms. The van der Waals surface area contributed by atoms with Gasteiger partial charge in [-0.15, -0.1) is 13.2 Å². The fourth-order valence-corrected chi connectivity index (χ4v) is 1.96. The number of furan rings is 1. The number of aliphatic hydroxyl groups is 1. The summed E-state index contributed by atoms with van der Waals surface area (Å²) in [5.41, 5.74) is 0.669. The number of carbonyl (C=O) groups is 2. The highest BCUT2D eigenvalue weighted by Gasteiger charge is 2.31. The number of carbonyl (C=O) groups excluding carboxylic acids is 2. The van der Waals surface area contributed by atoms with Crippen molar-refractivity contribution >= 4 is 17.5 Å². The number of hydrogen-bond acceptors (Lipinski definition) is 5. The lowest BCUT2D eigenvalue weighted by Gasteiger charge is -2.11. The zero-order valence-electron chi connectivity index (χ0n) is 13.2. The highest BCUT2D eigenvalue weighted by Crippen LogP contribution is 2.23. The molecule has 1 heterocycles. The molecule has 0 aliphatic rings. The van der Waals surface area contributed by atoms with Crippen LogP contribution >= 0.6 is 0 Å². The summed E-state index contributed by atoms with van der Waals surface area (Å²) < 4.78 is 44.7. The van der Waals surface area contributed by atoms with Gasteiger partial charge in [0, 0.05) is 17.8 Å². The van der Waals surface area contributed by atoms with Crippen molar-refractivity contribution in [3.8, 4) is 5.75 Å².